The SMILES string of the molecule is O=C1NC(=Nc2ccc(Cl)cc2)/C(=C/c2ccc(-c3cccc(C(F)(F)F)c3)o2)S1. The Kier molecular flexibility index (Phi) is 5.44. The molecule has 1 saturated heterocycles. The smallest absolute Gasteiger partial charge is 0.416 e. The van der Waals surface area contributed by atoms with Gasteiger partial charge in [0.05, 0.1) is 16.2 Å². The minimum atomic E-state index is -4.44. The molecule has 2 aromatic carbocycles. The van der Waals surface area contributed by atoms with E-state index in [2.05, 4.69) is 10.3 Å². The monoisotopic (exact) mass is 448 g/mol. The summed E-state index contributed by atoms with van der Waals surface area (Å²) < 4.78 is 44.5. The molecular formula is C21H12ClF3N2O2S. The molecule has 0 saturated carbocycles. The molecule has 0 spiro atoms. The van der Waals surface area contributed by atoms with E-state index in [1.54, 1.807) is 42.5 Å². The molecule has 1 aromatic heterocycles. The van der Waals surface area contributed by atoms with Crippen molar-refractivity contribution in [3.63, 3.8) is 0 Å². The molecule has 2 heterocycles. The number of aliphatic imine (C=N–C) groups is 1. The lowest BCUT2D eigenvalue weighted by Gasteiger charge is -2.07. The first kappa shape index (κ1) is 20.3. The zero-order valence-corrected chi connectivity index (χ0v) is 16.6. The first-order chi connectivity index (χ1) is 14.3. The fraction of sp³-hybridized carbons (Fsp3) is 0.0476. The molecule has 0 radical (unpaired) electrons. The molecule has 1 N–H and O–H groups in total. The number of carbonyl (C=O) groups excluding carboxylic acids is 1. The quantitative estimate of drug-likeness (QED) is 0.463. The van der Waals surface area contributed by atoms with Crippen molar-refractivity contribution in [3.8, 4) is 11.3 Å². The van der Waals surface area contributed by atoms with E-state index in [0.717, 1.165) is 23.9 Å². The first-order valence-corrected chi connectivity index (χ1v) is 9.80. The van der Waals surface area contributed by atoms with Crippen molar-refractivity contribution in [3.05, 3.63) is 81.9 Å². The Balaban J connectivity index is 1.63. The average molecular weight is 449 g/mol. The third-order valence-electron chi connectivity index (χ3n) is 4.10. The highest BCUT2D eigenvalue weighted by Gasteiger charge is 2.30. The van der Waals surface area contributed by atoms with Crippen molar-refractivity contribution >= 4 is 46.2 Å². The van der Waals surface area contributed by atoms with E-state index >= 15 is 0 Å². The summed E-state index contributed by atoms with van der Waals surface area (Å²) in [5, 5.41) is 2.93. The number of thioether (sulfide) groups is 1. The number of benzene rings is 2. The van der Waals surface area contributed by atoms with Gasteiger partial charge in [-0.05, 0) is 66.4 Å². The second kappa shape index (κ2) is 8.04. The van der Waals surface area contributed by atoms with Gasteiger partial charge in [0.1, 0.15) is 17.4 Å². The van der Waals surface area contributed by atoms with Gasteiger partial charge in [0, 0.05) is 10.6 Å². The van der Waals surface area contributed by atoms with Crippen LogP contribution < -0.4 is 5.32 Å². The molecule has 0 aliphatic carbocycles. The number of furan rings is 1. The van der Waals surface area contributed by atoms with Crippen molar-refractivity contribution in [2.45, 2.75) is 6.18 Å². The normalized spacial score (nSPS) is 17.0. The standard InChI is InChI=1S/C21H12ClF3N2O2S/c22-14-4-6-15(7-5-14)26-19-18(30-20(28)27-19)11-16-8-9-17(29-16)12-2-1-3-13(10-12)21(23,24)25/h1-11H,(H,26,27,28)/b18-11-. The maximum atomic E-state index is 12.9. The lowest BCUT2D eigenvalue weighted by Crippen LogP contribution is -2.18. The second-order valence-corrected chi connectivity index (χ2v) is 7.69. The highest BCUT2D eigenvalue weighted by atomic mass is 35.5. The summed E-state index contributed by atoms with van der Waals surface area (Å²) >= 11 is 6.81. The van der Waals surface area contributed by atoms with Gasteiger partial charge >= 0.3 is 6.18 Å². The lowest BCUT2D eigenvalue weighted by atomic mass is 10.1. The first-order valence-electron chi connectivity index (χ1n) is 8.60. The number of amides is 1. The van der Waals surface area contributed by atoms with Gasteiger partial charge in [0.2, 0.25) is 0 Å². The number of hydrogen-bond donors (Lipinski definition) is 1. The second-order valence-electron chi connectivity index (χ2n) is 6.24. The molecule has 0 unspecified atom stereocenters. The van der Waals surface area contributed by atoms with Crippen LogP contribution in [0.4, 0.5) is 23.7 Å². The molecule has 152 valence electrons. The van der Waals surface area contributed by atoms with Crippen molar-refractivity contribution in [2.24, 2.45) is 4.99 Å². The Morgan fingerprint density at radius 2 is 1.83 bits per heavy atom. The van der Waals surface area contributed by atoms with Crippen LogP contribution >= 0.6 is 23.4 Å². The Hall–Kier alpha value is -2.97. The average Bonchev–Trinajstić information content (AvgIpc) is 3.30. The summed E-state index contributed by atoms with van der Waals surface area (Å²) in [7, 11) is 0. The van der Waals surface area contributed by atoms with E-state index in [9.17, 15) is 18.0 Å². The van der Waals surface area contributed by atoms with Crippen LogP contribution in [0.25, 0.3) is 17.4 Å². The lowest BCUT2D eigenvalue weighted by molar-refractivity contribution is -0.137. The zero-order chi connectivity index (χ0) is 21.3. The van der Waals surface area contributed by atoms with Crippen LogP contribution in [-0.4, -0.2) is 11.1 Å². The minimum absolute atomic E-state index is 0.284. The number of nitrogens with one attached hydrogen (secondary N) is 1. The molecule has 1 amide bonds. The Morgan fingerprint density at radius 1 is 1.07 bits per heavy atom. The van der Waals surface area contributed by atoms with Gasteiger partial charge in [0.25, 0.3) is 5.24 Å². The molecule has 1 aliphatic heterocycles. The molecule has 30 heavy (non-hydrogen) atoms. The molecule has 0 atom stereocenters. The third kappa shape index (κ3) is 4.60. The van der Waals surface area contributed by atoms with Crippen LogP contribution in [0.3, 0.4) is 0 Å². The topological polar surface area (TPSA) is 54.6 Å². The van der Waals surface area contributed by atoms with Gasteiger partial charge in [-0.3, -0.25) is 4.79 Å². The predicted molar refractivity (Wildman–Crippen MR) is 112 cm³/mol. The molecule has 3 aromatic rings. The number of rotatable bonds is 3. The maximum absolute atomic E-state index is 12.9. The Bertz CT molecular complexity index is 1170. The van der Waals surface area contributed by atoms with Gasteiger partial charge in [-0.1, -0.05) is 23.7 Å². The van der Waals surface area contributed by atoms with Gasteiger partial charge < -0.3 is 9.73 Å². The summed E-state index contributed by atoms with van der Waals surface area (Å²) in [4.78, 5) is 16.8. The molecule has 1 aliphatic rings. The summed E-state index contributed by atoms with van der Waals surface area (Å²) in [6.45, 7) is 0. The van der Waals surface area contributed by atoms with Crippen LogP contribution in [0.2, 0.25) is 5.02 Å². The summed E-state index contributed by atoms with van der Waals surface area (Å²) in [5.41, 5.74) is 0.153. The molecule has 1 fully saturated rings. The zero-order valence-electron chi connectivity index (χ0n) is 15.0. The molecular weight excluding hydrogens is 437 g/mol. The van der Waals surface area contributed by atoms with E-state index in [1.165, 1.54) is 12.1 Å². The van der Waals surface area contributed by atoms with Crippen molar-refractivity contribution < 1.29 is 22.4 Å². The number of alkyl halides is 3. The highest BCUT2D eigenvalue weighted by Crippen LogP contribution is 2.34. The van der Waals surface area contributed by atoms with Crippen LogP contribution in [0.1, 0.15) is 11.3 Å². The third-order valence-corrected chi connectivity index (χ3v) is 5.17. The fourth-order valence-corrected chi connectivity index (χ4v) is 3.56. The number of hydrogen-bond acceptors (Lipinski definition) is 4. The number of nitrogens with zero attached hydrogens (tertiary/aromatic N) is 1. The van der Waals surface area contributed by atoms with Crippen LogP contribution in [-0.2, 0) is 6.18 Å². The molecule has 9 heteroatoms. The van der Waals surface area contributed by atoms with Crippen LogP contribution in [0.15, 0.2) is 75.0 Å². The van der Waals surface area contributed by atoms with Gasteiger partial charge in [0.15, 0.2) is 0 Å². The van der Waals surface area contributed by atoms with Gasteiger partial charge in [-0.15, -0.1) is 0 Å². The van der Waals surface area contributed by atoms with Crippen molar-refractivity contribution in [2.75, 3.05) is 0 Å². The number of halogens is 4. The van der Waals surface area contributed by atoms with Crippen molar-refractivity contribution in [1.82, 2.24) is 5.32 Å². The molecule has 4 nitrogen and oxygen atoms in total. The van der Waals surface area contributed by atoms with E-state index in [-0.39, 0.29) is 11.0 Å². The van der Waals surface area contributed by atoms with Crippen molar-refractivity contribution in [1.29, 1.82) is 0 Å². The molecule has 0 bridgehead atoms. The molecule has 4 rings (SSSR count). The maximum Gasteiger partial charge on any atom is 0.416 e. The number of amidine groups is 1. The Labute approximate surface area is 178 Å². The number of carbonyl (C=O) groups is 1. The summed E-state index contributed by atoms with van der Waals surface area (Å²) in [5.74, 6) is 1.01. The van der Waals surface area contributed by atoms with E-state index in [4.69, 9.17) is 16.0 Å². The fourth-order valence-electron chi connectivity index (χ4n) is 2.72. The highest BCUT2D eigenvalue weighted by molar-refractivity contribution is 8.18. The summed E-state index contributed by atoms with van der Waals surface area (Å²) in [6, 6.07) is 14.9. The van der Waals surface area contributed by atoms with E-state index in [1.807, 2.05) is 0 Å². The summed E-state index contributed by atoms with van der Waals surface area (Å²) in [6.07, 6.45) is -2.83. The van der Waals surface area contributed by atoms with E-state index < -0.39 is 11.7 Å². The van der Waals surface area contributed by atoms with Crippen LogP contribution in [0, 0.1) is 0 Å². The Morgan fingerprint density at radius 3 is 2.57 bits per heavy atom. The van der Waals surface area contributed by atoms with Gasteiger partial charge in [-0.2, -0.15) is 13.2 Å². The minimum Gasteiger partial charge on any atom is -0.457 e. The van der Waals surface area contributed by atoms with Crippen LogP contribution in [0.5, 0.6) is 0 Å². The van der Waals surface area contributed by atoms with E-state index in [0.29, 0.717) is 32.8 Å². The predicted octanol–water partition coefficient (Wildman–Crippen LogP) is 7.15. The van der Waals surface area contributed by atoms with Gasteiger partial charge in [-0.25, -0.2) is 4.99 Å². The largest absolute Gasteiger partial charge is 0.457 e.